The van der Waals surface area contributed by atoms with Crippen molar-refractivity contribution >= 4 is 28.3 Å². The van der Waals surface area contributed by atoms with E-state index in [4.69, 9.17) is 5.73 Å². The summed E-state index contributed by atoms with van der Waals surface area (Å²) in [5.74, 6) is -0.506. The standard InChI is InChI=1S/C13H22N4O3S/c1-4-8-13(2,14)11(19)15-12-17-16-9(21-12)6-5-7-10(18)20-3/h4-8,14H2,1-3H3,(H,15,17,19). The monoisotopic (exact) mass is 314 g/mol. The Labute approximate surface area is 128 Å². The molecule has 1 amide bonds. The molecule has 0 aliphatic heterocycles. The lowest BCUT2D eigenvalue weighted by Crippen LogP contribution is -2.48. The van der Waals surface area contributed by atoms with Gasteiger partial charge in [0.05, 0.1) is 12.6 Å². The van der Waals surface area contributed by atoms with Crippen LogP contribution in [0.15, 0.2) is 0 Å². The summed E-state index contributed by atoms with van der Waals surface area (Å²) in [5.41, 5.74) is 5.04. The third-order valence-electron chi connectivity index (χ3n) is 2.97. The molecule has 1 rings (SSSR count). The summed E-state index contributed by atoms with van der Waals surface area (Å²) in [4.78, 5) is 23.0. The van der Waals surface area contributed by atoms with Crippen LogP contribution in [-0.4, -0.2) is 34.7 Å². The number of esters is 1. The van der Waals surface area contributed by atoms with Crippen molar-refractivity contribution in [3.8, 4) is 0 Å². The van der Waals surface area contributed by atoms with Crippen molar-refractivity contribution in [2.45, 2.75) is 51.5 Å². The third kappa shape index (κ3) is 5.76. The predicted octanol–water partition coefficient (Wildman–Crippen LogP) is 1.49. The maximum atomic E-state index is 12.0. The van der Waals surface area contributed by atoms with Crippen molar-refractivity contribution < 1.29 is 14.3 Å². The summed E-state index contributed by atoms with van der Waals surface area (Å²) in [7, 11) is 1.36. The minimum Gasteiger partial charge on any atom is -0.469 e. The van der Waals surface area contributed by atoms with Gasteiger partial charge in [0.2, 0.25) is 11.0 Å². The molecule has 0 aromatic carbocycles. The summed E-state index contributed by atoms with van der Waals surface area (Å²) in [6.45, 7) is 3.67. The topological polar surface area (TPSA) is 107 Å². The molecule has 8 heteroatoms. The van der Waals surface area contributed by atoms with Crippen molar-refractivity contribution in [2.75, 3.05) is 12.4 Å². The number of nitrogens with two attached hydrogens (primary N) is 1. The molecule has 0 bridgehead atoms. The van der Waals surface area contributed by atoms with Crippen LogP contribution < -0.4 is 11.1 Å². The van der Waals surface area contributed by atoms with Gasteiger partial charge >= 0.3 is 5.97 Å². The van der Waals surface area contributed by atoms with E-state index < -0.39 is 5.54 Å². The molecule has 0 radical (unpaired) electrons. The number of methoxy groups -OCH3 is 1. The van der Waals surface area contributed by atoms with Crippen LogP contribution in [0.25, 0.3) is 0 Å². The number of ether oxygens (including phenoxy) is 1. The molecule has 1 heterocycles. The molecule has 3 N–H and O–H groups in total. The fraction of sp³-hybridized carbons (Fsp3) is 0.692. The molecule has 21 heavy (non-hydrogen) atoms. The molecule has 118 valence electrons. The molecule has 0 fully saturated rings. The van der Waals surface area contributed by atoms with Crippen LogP contribution in [0.3, 0.4) is 0 Å². The largest absolute Gasteiger partial charge is 0.469 e. The quantitative estimate of drug-likeness (QED) is 0.704. The zero-order chi connectivity index (χ0) is 15.9. The molecule has 1 aromatic rings. The Bertz CT molecular complexity index is 488. The van der Waals surface area contributed by atoms with E-state index in [0.717, 1.165) is 11.4 Å². The highest BCUT2D eigenvalue weighted by atomic mass is 32.1. The second-order valence-corrected chi connectivity index (χ2v) is 6.11. The normalized spacial score (nSPS) is 13.5. The van der Waals surface area contributed by atoms with Crippen LogP contribution in [-0.2, 0) is 20.7 Å². The van der Waals surface area contributed by atoms with Crippen LogP contribution in [0, 0.1) is 0 Å². The summed E-state index contributed by atoms with van der Waals surface area (Å²) >= 11 is 1.29. The van der Waals surface area contributed by atoms with E-state index in [0.29, 0.717) is 30.8 Å². The zero-order valence-electron chi connectivity index (χ0n) is 12.6. The first kappa shape index (κ1) is 17.5. The van der Waals surface area contributed by atoms with Crippen molar-refractivity contribution in [1.29, 1.82) is 0 Å². The Hall–Kier alpha value is -1.54. The number of carbonyl (C=O) groups is 2. The first-order valence-electron chi connectivity index (χ1n) is 6.88. The number of carbonyl (C=O) groups excluding carboxylic acids is 2. The number of hydrogen-bond acceptors (Lipinski definition) is 7. The SMILES string of the molecule is CCCC(C)(N)C(=O)Nc1nnc(CCCC(=O)OC)s1. The van der Waals surface area contributed by atoms with Crippen LogP contribution in [0.1, 0.15) is 44.5 Å². The number of anilines is 1. The molecule has 0 spiro atoms. The lowest BCUT2D eigenvalue weighted by molar-refractivity contribution is -0.140. The Balaban J connectivity index is 2.48. The highest BCUT2D eigenvalue weighted by molar-refractivity contribution is 7.15. The van der Waals surface area contributed by atoms with Crippen LogP contribution in [0.2, 0.25) is 0 Å². The van der Waals surface area contributed by atoms with Gasteiger partial charge in [0.25, 0.3) is 0 Å². The van der Waals surface area contributed by atoms with Gasteiger partial charge in [0.15, 0.2) is 0 Å². The van der Waals surface area contributed by atoms with Gasteiger partial charge in [-0.1, -0.05) is 24.7 Å². The Morgan fingerprint density at radius 2 is 2.14 bits per heavy atom. The number of aryl methyl sites for hydroxylation is 1. The Morgan fingerprint density at radius 3 is 2.76 bits per heavy atom. The molecule has 0 aliphatic rings. The average molecular weight is 314 g/mol. The van der Waals surface area contributed by atoms with Crippen molar-refractivity contribution in [2.24, 2.45) is 5.73 Å². The van der Waals surface area contributed by atoms with Gasteiger partial charge in [-0.05, 0) is 19.8 Å². The number of amides is 1. The highest BCUT2D eigenvalue weighted by Crippen LogP contribution is 2.19. The molecule has 7 nitrogen and oxygen atoms in total. The number of nitrogens with one attached hydrogen (secondary N) is 1. The van der Waals surface area contributed by atoms with Crippen LogP contribution in [0.4, 0.5) is 5.13 Å². The first-order chi connectivity index (χ1) is 9.89. The van der Waals surface area contributed by atoms with Crippen molar-refractivity contribution in [3.63, 3.8) is 0 Å². The number of nitrogens with zero attached hydrogens (tertiary/aromatic N) is 2. The zero-order valence-corrected chi connectivity index (χ0v) is 13.5. The molecule has 0 aliphatic carbocycles. The van der Waals surface area contributed by atoms with E-state index in [9.17, 15) is 9.59 Å². The van der Waals surface area contributed by atoms with Crippen molar-refractivity contribution in [1.82, 2.24) is 10.2 Å². The molecule has 0 saturated carbocycles. The first-order valence-corrected chi connectivity index (χ1v) is 7.70. The average Bonchev–Trinajstić information content (AvgIpc) is 2.86. The summed E-state index contributed by atoms with van der Waals surface area (Å²) in [5, 5.41) is 11.8. The van der Waals surface area contributed by atoms with Gasteiger partial charge in [-0.25, -0.2) is 0 Å². The van der Waals surface area contributed by atoms with Crippen molar-refractivity contribution in [3.05, 3.63) is 5.01 Å². The van der Waals surface area contributed by atoms with E-state index in [-0.39, 0.29) is 11.9 Å². The second kappa shape index (κ2) is 8.04. The molecule has 1 unspecified atom stereocenters. The highest BCUT2D eigenvalue weighted by Gasteiger charge is 2.28. The lowest BCUT2D eigenvalue weighted by Gasteiger charge is -2.21. The van der Waals surface area contributed by atoms with E-state index in [2.05, 4.69) is 20.3 Å². The molecular weight excluding hydrogens is 292 g/mol. The van der Waals surface area contributed by atoms with E-state index >= 15 is 0 Å². The van der Waals surface area contributed by atoms with Crippen LogP contribution in [0.5, 0.6) is 0 Å². The lowest BCUT2D eigenvalue weighted by atomic mass is 9.97. The van der Waals surface area contributed by atoms with Gasteiger partial charge in [-0.15, -0.1) is 10.2 Å². The van der Waals surface area contributed by atoms with E-state index in [1.807, 2.05) is 6.92 Å². The maximum absolute atomic E-state index is 12.0. The maximum Gasteiger partial charge on any atom is 0.305 e. The fourth-order valence-electron chi connectivity index (χ4n) is 1.76. The number of aromatic nitrogens is 2. The number of rotatable bonds is 8. The van der Waals surface area contributed by atoms with Gasteiger partial charge < -0.3 is 10.5 Å². The summed E-state index contributed by atoms with van der Waals surface area (Å²) < 4.78 is 4.56. The van der Waals surface area contributed by atoms with E-state index in [1.165, 1.54) is 18.4 Å². The molecule has 1 atom stereocenters. The molecule has 0 saturated heterocycles. The summed E-state index contributed by atoms with van der Waals surface area (Å²) in [6, 6.07) is 0. The second-order valence-electron chi connectivity index (χ2n) is 5.05. The molecular formula is C13H22N4O3S. The van der Waals surface area contributed by atoms with Gasteiger partial charge in [0.1, 0.15) is 5.01 Å². The van der Waals surface area contributed by atoms with Gasteiger partial charge in [0, 0.05) is 12.8 Å². The fourth-order valence-corrected chi connectivity index (χ4v) is 2.54. The van der Waals surface area contributed by atoms with E-state index in [1.54, 1.807) is 6.92 Å². The third-order valence-corrected chi connectivity index (χ3v) is 3.87. The van der Waals surface area contributed by atoms with Crippen LogP contribution >= 0.6 is 11.3 Å². The van der Waals surface area contributed by atoms with Gasteiger partial charge in [-0.3, -0.25) is 14.9 Å². The molecule has 1 aromatic heterocycles. The number of hydrogen-bond donors (Lipinski definition) is 2. The smallest absolute Gasteiger partial charge is 0.305 e. The summed E-state index contributed by atoms with van der Waals surface area (Å²) in [6.07, 6.45) is 3.03. The minimum absolute atomic E-state index is 0.244. The predicted molar refractivity (Wildman–Crippen MR) is 81.0 cm³/mol. The Morgan fingerprint density at radius 1 is 1.43 bits per heavy atom. The van der Waals surface area contributed by atoms with Gasteiger partial charge in [-0.2, -0.15) is 0 Å². The Kier molecular flexibility index (Phi) is 6.70. The minimum atomic E-state index is -0.911.